The van der Waals surface area contributed by atoms with Gasteiger partial charge in [-0.25, -0.2) is 0 Å². The molecule has 0 radical (unpaired) electrons. The van der Waals surface area contributed by atoms with E-state index in [1.165, 1.54) is 0 Å². The van der Waals surface area contributed by atoms with Crippen molar-refractivity contribution in [2.75, 3.05) is 4.90 Å². The molecule has 212 valence electrons. The minimum atomic E-state index is 0.857. The SMILES string of the molecule is c1ccc(-c2c(-c3ccc(N(c4ccccc4)c4ccccc4)cc3)ccc3c2oc2ccc4oc5ccccc5c4c23)cc1. The van der Waals surface area contributed by atoms with Crippen molar-refractivity contribution >= 4 is 60.9 Å². The summed E-state index contributed by atoms with van der Waals surface area (Å²) < 4.78 is 13.0. The van der Waals surface area contributed by atoms with E-state index in [4.69, 9.17) is 8.83 Å². The minimum absolute atomic E-state index is 0.857. The van der Waals surface area contributed by atoms with Crippen LogP contribution in [0.25, 0.3) is 66.1 Å². The van der Waals surface area contributed by atoms with Crippen LogP contribution < -0.4 is 4.90 Å². The van der Waals surface area contributed by atoms with Gasteiger partial charge in [0.2, 0.25) is 0 Å². The Morgan fingerprint density at radius 1 is 0.356 bits per heavy atom. The van der Waals surface area contributed by atoms with Crippen molar-refractivity contribution in [1.82, 2.24) is 0 Å². The third-order valence-electron chi connectivity index (χ3n) is 8.67. The molecule has 45 heavy (non-hydrogen) atoms. The number of hydrogen-bond donors (Lipinski definition) is 0. The van der Waals surface area contributed by atoms with Gasteiger partial charge < -0.3 is 13.7 Å². The molecule has 0 N–H and O–H groups in total. The number of hydrogen-bond acceptors (Lipinski definition) is 3. The summed E-state index contributed by atoms with van der Waals surface area (Å²) in [6.45, 7) is 0. The molecule has 0 spiro atoms. The lowest BCUT2D eigenvalue weighted by Crippen LogP contribution is -2.09. The van der Waals surface area contributed by atoms with Crippen LogP contribution in [-0.4, -0.2) is 0 Å². The number of para-hydroxylation sites is 3. The van der Waals surface area contributed by atoms with E-state index in [1.54, 1.807) is 0 Å². The number of rotatable bonds is 5. The third kappa shape index (κ3) is 4.13. The average Bonchev–Trinajstić information content (AvgIpc) is 3.68. The molecule has 0 atom stereocenters. The molecule has 0 aliphatic carbocycles. The Balaban J connectivity index is 1.25. The van der Waals surface area contributed by atoms with Gasteiger partial charge >= 0.3 is 0 Å². The van der Waals surface area contributed by atoms with Gasteiger partial charge in [0, 0.05) is 44.2 Å². The van der Waals surface area contributed by atoms with Crippen LogP contribution in [0.4, 0.5) is 17.1 Å². The molecule has 0 fully saturated rings. The summed E-state index contributed by atoms with van der Waals surface area (Å²) in [4.78, 5) is 2.28. The molecule has 0 aliphatic heterocycles. The first kappa shape index (κ1) is 25.4. The highest BCUT2D eigenvalue weighted by molar-refractivity contribution is 6.27. The van der Waals surface area contributed by atoms with Gasteiger partial charge in [-0.1, -0.05) is 103 Å². The van der Waals surface area contributed by atoms with Gasteiger partial charge in [-0.15, -0.1) is 0 Å². The van der Waals surface area contributed by atoms with E-state index in [-0.39, 0.29) is 0 Å². The maximum atomic E-state index is 6.75. The van der Waals surface area contributed by atoms with E-state index in [0.717, 1.165) is 83.2 Å². The summed E-state index contributed by atoms with van der Waals surface area (Å²) in [6.07, 6.45) is 0. The Bertz CT molecular complexity index is 2420. The smallest absolute Gasteiger partial charge is 0.143 e. The molecule has 3 nitrogen and oxygen atoms in total. The fourth-order valence-corrected chi connectivity index (χ4v) is 6.67. The van der Waals surface area contributed by atoms with Gasteiger partial charge in [0.15, 0.2) is 0 Å². The Kier molecular flexibility index (Phi) is 5.82. The molecule has 0 aliphatic rings. The largest absolute Gasteiger partial charge is 0.456 e. The summed E-state index contributed by atoms with van der Waals surface area (Å²) in [6, 6.07) is 57.1. The van der Waals surface area contributed by atoms with Gasteiger partial charge in [0.05, 0.1) is 0 Å². The number of anilines is 3. The van der Waals surface area contributed by atoms with Gasteiger partial charge in [0.25, 0.3) is 0 Å². The van der Waals surface area contributed by atoms with Crippen molar-refractivity contribution in [2.45, 2.75) is 0 Å². The van der Waals surface area contributed by atoms with Crippen LogP contribution in [0.15, 0.2) is 173 Å². The van der Waals surface area contributed by atoms with E-state index in [1.807, 2.05) is 24.3 Å². The minimum Gasteiger partial charge on any atom is -0.456 e. The van der Waals surface area contributed by atoms with Gasteiger partial charge in [0.1, 0.15) is 22.3 Å². The molecule has 0 amide bonds. The number of furan rings is 2. The second-order valence-corrected chi connectivity index (χ2v) is 11.3. The van der Waals surface area contributed by atoms with Crippen molar-refractivity contribution in [1.29, 1.82) is 0 Å². The van der Waals surface area contributed by atoms with E-state index < -0.39 is 0 Å². The summed E-state index contributed by atoms with van der Waals surface area (Å²) in [5.41, 5.74) is 11.3. The molecular formula is C42H27NO2. The molecule has 3 heteroatoms. The predicted molar refractivity (Wildman–Crippen MR) is 187 cm³/mol. The maximum Gasteiger partial charge on any atom is 0.143 e. The predicted octanol–water partition coefficient (Wildman–Crippen LogP) is 12.3. The maximum absolute atomic E-state index is 6.75. The molecular weight excluding hydrogens is 550 g/mol. The second-order valence-electron chi connectivity index (χ2n) is 11.3. The molecule has 2 aromatic heterocycles. The lowest BCUT2D eigenvalue weighted by molar-refractivity contribution is 0.663. The Labute approximate surface area is 260 Å². The normalized spacial score (nSPS) is 11.6. The first-order valence-corrected chi connectivity index (χ1v) is 15.2. The van der Waals surface area contributed by atoms with Crippen LogP contribution in [-0.2, 0) is 0 Å². The van der Waals surface area contributed by atoms with Gasteiger partial charge in [-0.05, 0) is 77.4 Å². The number of benzene rings is 7. The van der Waals surface area contributed by atoms with E-state index in [2.05, 4.69) is 144 Å². The molecule has 9 aromatic rings. The van der Waals surface area contributed by atoms with Crippen molar-refractivity contribution in [3.63, 3.8) is 0 Å². The topological polar surface area (TPSA) is 29.5 Å². The van der Waals surface area contributed by atoms with E-state index >= 15 is 0 Å². The summed E-state index contributed by atoms with van der Waals surface area (Å²) in [5.74, 6) is 0. The first-order valence-electron chi connectivity index (χ1n) is 15.2. The molecule has 2 heterocycles. The lowest BCUT2D eigenvalue weighted by atomic mass is 9.92. The monoisotopic (exact) mass is 577 g/mol. The van der Waals surface area contributed by atoms with Crippen LogP contribution in [0.3, 0.4) is 0 Å². The van der Waals surface area contributed by atoms with Crippen LogP contribution in [0.5, 0.6) is 0 Å². The standard InChI is InChI=1S/C42H27NO2/c1-4-12-29(13-5-1)39-33(28-20-22-32(23-21-28)43(30-14-6-2-7-15-30)31-16-8-3-9-17-31)24-25-35-41-38(45-42(35)39)27-26-37-40(41)34-18-10-11-19-36(34)44-37/h1-27H. The van der Waals surface area contributed by atoms with Crippen molar-refractivity contribution in [3.05, 3.63) is 164 Å². The van der Waals surface area contributed by atoms with E-state index in [0.29, 0.717) is 0 Å². The van der Waals surface area contributed by atoms with Crippen molar-refractivity contribution in [3.8, 4) is 22.3 Å². The van der Waals surface area contributed by atoms with Crippen molar-refractivity contribution in [2.24, 2.45) is 0 Å². The Morgan fingerprint density at radius 2 is 0.911 bits per heavy atom. The summed E-state index contributed by atoms with van der Waals surface area (Å²) >= 11 is 0. The average molecular weight is 578 g/mol. The molecule has 9 rings (SSSR count). The zero-order valence-corrected chi connectivity index (χ0v) is 24.4. The summed E-state index contributed by atoms with van der Waals surface area (Å²) in [5, 5.41) is 4.37. The zero-order valence-electron chi connectivity index (χ0n) is 24.4. The summed E-state index contributed by atoms with van der Waals surface area (Å²) in [7, 11) is 0. The molecule has 7 aromatic carbocycles. The van der Waals surface area contributed by atoms with E-state index in [9.17, 15) is 0 Å². The highest BCUT2D eigenvalue weighted by Gasteiger charge is 2.21. The molecule has 0 saturated carbocycles. The molecule has 0 saturated heterocycles. The van der Waals surface area contributed by atoms with Crippen LogP contribution in [0.1, 0.15) is 0 Å². The highest BCUT2D eigenvalue weighted by Crippen LogP contribution is 2.46. The fraction of sp³-hybridized carbons (Fsp3) is 0. The van der Waals surface area contributed by atoms with Crippen molar-refractivity contribution < 1.29 is 8.83 Å². The Hall–Kier alpha value is -6.06. The molecule has 0 bridgehead atoms. The van der Waals surface area contributed by atoms with Crippen LogP contribution in [0, 0.1) is 0 Å². The quantitative estimate of drug-likeness (QED) is 0.204. The zero-order chi connectivity index (χ0) is 29.7. The van der Waals surface area contributed by atoms with Crippen LogP contribution in [0.2, 0.25) is 0 Å². The fourth-order valence-electron chi connectivity index (χ4n) is 6.67. The third-order valence-corrected chi connectivity index (χ3v) is 8.67. The molecule has 0 unspecified atom stereocenters. The highest BCUT2D eigenvalue weighted by atomic mass is 16.3. The van der Waals surface area contributed by atoms with Gasteiger partial charge in [-0.2, -0.15) is 0 Å². The number of nitrogens with zero attached hydrogens (tertiary/aromatic N) is 1. The van der Waals surface area contributed by atoms with Crippen LogP contribution >= 0.6 is 0 Å². The van der Waals surface area contributed by atoms with Gasteiger partial charge in [-0.3, -0.25) is 0 Å². The first-order chi connectivity index (χ1) is 22.3. The lowest BCUT2D eigenvalue weighted by Gasteiger charge is -2.25. The number of fused-ring (bicyclic) bond motifs is 7. The Morgan fingerprint density at radius 3 is 1.60 bits per heavy atom. The second kappa shape index (κ2) is 10.3.